The van der Waals surface area contributed by atoms with Gasteiger partial charge in [-0.15, -0.1) is 0 Å². The highest BCUT2D eigenvalue weighted by Gasteiger charge is 2.29. The standard InChI is InChI=1S/C17H24N4O3S/c1-3-10-21-15-7-5-4-6-14(15)18-17(21)19-16(22)13-8-11-20(12-9-13)25(2,23)24/h4-7,13H,3,8-12H2,1-2H3,(H,18,19,22). The van der Waals surface area contributed by atoms with E-state index in [1.165, 1.54) is 10.6 Å². The molecule has 8 heteroatoms. The Balaban J connectivity index is 1.73. The number of aryl methyl sites for hydroxylation is 1. The number of amides is 1. The van der Waals surface area contributed by atoms with Gasteiger partial charge in [-0.3, -0.25) is 10.1 Å². The monoisotopic (exact) mass is 364 g/mol. The Kier molecular flexibility index (Phi) is 5.10. The molecule has 0 bridgehead atoms. The number of aromatic nitrogens is 2. The summed E-state index contributed by atoms with van der Waals surface area (Å²) in [5, 5.41) is 2.95. The number of fused-ring (bicyclic) bond motifs is 1. The Morgan fingerprint density at radius 3 is 2.60 bits per heavy atom. The first kappa shape index (κ1) is 17.9. The molecular weight excluding hydrogens is 340 g/mol. The van der Waals surface area contributed by atoms with Crippen molar-refractivity contribution in [2.75, 3.05) is 24.7 Å². The van der Waals surface area contributed by atoms with Crippen molar-refractivity contribution in [3.8, 4) is 0 Å². The highest BCUT2D eigenvalue weighted by molar-refractivity contribution is 7.88. The quantitative estimate of drug-likeness (QED) is 0.880. The number of piperidine rings is 1. The van der Waals surface area contributed by atoms with Crippen molar-refractivity contribution >= 4 is 32.9 Å². The molecule has 0 atom stereocenters. The van der Waals surface area contributed by atoms with Crippen LogP contribution in [0.2, 0.25) is 0 Å². The van der Waals surface area contributed by atoms with Gasteiger partial charge in [0.25, 0.3) is 0 Å². The summed E-state index contributed by atoms with van der Waals surface area (Å²) < 4.78 is 26.6. The minimum absolute atomic E-state index is 0.0826. The van der Waals surface area contributed by atoms with Gasteiger partial charge in [-0.2, -0.15) is 0 Å². The van der Waals surface area contributed by atoms with Gasteiger partial charge < -0.3 is 4.57 Å². The Hall–Kier alpha value is -1.93. The van der Waals surface area contributed by atoms with E-state index in [0.717, 1.165) is 24.0 Å². The van der Waals surface area contributed by atoms with Crippen molar-refractivity contribution in [1.82, 2.24) is 13.9 Å². The third-order valence-corrected chi connectivity index (χ3v) is 5.93. The third-order valence-electron chi connectivity index (χ3n) is 4.63. The van der Waals surface area contributed by atoms with Gasteiger partial charge in [-0.05, 0) is 31.4 Å². The fourth-order valence-electron chi connectivity index (χ4n) is 3.28. The lowest BCUT2D eigenvalue weighted by molar-refractivity contribution is -0.121. The van der Waals surface area contributed by atoms with Gasteiger partial charge in [0.1, 0.15) is 0 Å². The predicted octanol–water partition coefficient (Wildman–Crippen LogP) is 2.06. The smallest absolute Gasteiger partial charge is 0.229 e. The molecule has 1 N–H and O–H groups in total. The number of nitrogens with zero attached hydrogens (tertiary/aromatic N) is 3. The molecule has 25 heavy (non-hydrogen) atoms. The summed E-state index contributed by atoms with van der Waals surface area (Å²) in [6, 6.07) is 7.82. The Morgan fingerprint density at radius 2 is 1.96 bits per heavy atom. The van der Waals surface area contributed by atoms with Crippen molar-refractivity contribution in [3.05, 3.63) is 24.3 Å². The summed E-state index contributed by atoms with van der Waals surface area (Å²) in [6.07, 6.45) is 3.22. The molecule has 0 saturated carbocycles. The molecule has 1 amide bonds. The fourth-order valence-corrected chi connectivity index (χ4v) is 4.16. The van der Waals surface area contributed by atoms with E-state index in [0.29, 0.717) is 31.9 Å². The number of imidazole rings is 1. The number of para-hydroxylation sites is 2. The highest BCUT2D eigenvalue weighted by atomic mass is 32.2. The molecule has 0 radical (unpaired) electrons. The molecular formula is C17H24N4O3S. The number of hydrogen-bond acceptors (Lipinski definition) is 4. The minimum Gasteiger partial charge on any atom is -0.310 e. The molecule has 1 aliphatic rings. The molecule has 1 aromatic carbocycles. The summed E-state index contributed by atoms with van der Waals surface area (Å²) in [5.41, 5.74) is 1.87. The number of rotatable bonds is 5. The maximum absolute atomic E-state index is 12.6. The molecule has 2 heterocycles. The van der Waals surface area contributed by atoms with Crippen molar-refractivity contribution in [1.29, 1.82) is 0 Å². The fraction of sp³-hybridized carbons (Fsp3) is 0.529. The molecule has 1 aromatic heterocycles. The normalized spacial score (nSPS) is 17.0. The van der Waals surface area contributed by atoms with E-state index in [9.17, 15) is 13.2 Å². The number of benzene rings is 1. The van der Waals surface area contributed by atoms with Crippen molar-refractivity contribution in [2.45, 2.75) is 32.7 Å². The Morgan fingerprint density at radius 1 is 1.28 bits per heavy atom. The van der Waals surface area contributed by atoms with E-state index in [1.807, 2.05) is 28.8 Å². The number of carbonyl (C=O) groups is 1. The van der Waals surface area contributed by atoms with Gasteiger partial charge in [0.2, 0.25) is 21.9 Å². The average Bonchev–Trinajstić information content (AvgIpc) is 2.92. The van der Waals surface area contributed by atoms with E-state index in [4.69, 9.17) is 0 Å². The topological polar surface area (TPSA) is 84.3 Å². The number of sulfonamides is 1. The Labute approximate surface area is 148 Å². The van der Waals surface area contributed by atoms with Crippen molar-refractivity contribution < 1.29 is 13.2 Å². The molecule has 0 unspecified atom stereocenters. The third kappa shape index (κ3) is 3.85. The maximum atomic E-state index is 12.6. The second kappa shape index (κ2) is 7.13. The SMILES string of the molecule is CCCn1c(NC(=O)C2CCN(S(C)(=O)=O)CC2)nc2ccccc21. The van der Waals surface area contributed by atoms with Crippen molar-refractivity contribution in [3.63, 3.8) is 0 Å². The second-order valence-corrected chi connectivity index (χ2v) is 8.48. The zero-order valence-corrected chi connectivity index (χ0v) is 15.4. The number of nitrogens with one attached hydrogen (secondary N) is 1. The van der Waals surface area contributed by atoms with Crippen LogP contribution in [-0.2, 0) is 21.4 Å². The first-order valence-electron chi connectivity index (χ1n) is 8.61. The maximum Gasteiger partial charge on any atom is 0.229 e. The van der Waals surface area contributed by atoms with Crippen LogP contribution >= 0.6 is 0 Å². The lowest BCUT2D eigenvalue weighted by Gasteiger charge is -2.29. The van der Waals surface area contributed by atoms with E-state index < -0.39 is 10.0 Å². The number of anilines is 1. The summed E-state index contributed by atoms with van der Waals surface area (Å²) in [6.45, 7) is 3.65. The molecule has 7 nitrogen and oxygen atoms in total. The molecule has 0 spiro atoms. The van der Waals surface area contributed by atoms with Crippen molar-refractivity contribution in [2.24, 2.45) is 5.92 Å². The second-order valence-electron chi connectivity index (χ2n) is 6.50. The van der Waals surface area contributed by atoms with Gasteiger partial charge in [-0.1, -0.05) is 19.1 Å². The van der Waals surface area contributed by atoms with Crippen LogP contribution in [0.15, 0.2) is 24.3 Å². The molecule has 0 aliphatic carbocycles. The molecule has 136 valence electrons. The highest BCUT2D eigenvalue weighted by Crippen LogP contribution is 2.23. The van der Waals surface area contributed by atoms with Gasteiger partial charge in [-0.25, -0.2) is 17.7 Å². The van der Waals surface area contributed by atoms with Crippen LogP contribution < -0.4 is 5.32 Å². The first-order valence-corrected chi connectivity index (χ1v) is 10.5. The Bertz CT molecular complexity index is 867. The molecule has 3 rings (SSSR count). The molecule has 1 fully saturated rings. The summed E-state index contributed by atoms with van der Waals surface area (Å²) >= 11 is 0. The van der Waals surface area contributed by atoms with Gasteiger partial charge in [0, 0.05) is 25.6 Å². The number of hydrogen-bond donors (Lipinski definition) is 1. The predicted molar refractivity (Wildman–Crippen MR) is 97.8 cm³/mol. The van der Waals surface area contributed by atoms with Crippen LogP contribution in [0.3, 0.4) is 0 Å². The van der Waals surface area contributed by atoms with Crippen LogP contribution in [0.5, 0.6) is 0 Å². The van der Waals surface area contributed by atoms with E-state index in [2.05, 4.69) is 17.2 Å². The van der Waals surface area contributed by atoms with Crippen LogP contribution in [0.1, 0.15) is 26.2 Å². The zero-order chi connectivity index (χ0) is 18.0. The van der Waals surface area contributed by atoms with E-state index in [-0.39, 0.29) is 11.8 Å². The van der Waals surface area contributed by atoms with Crippen LogP contribution in [-0.4, -0.2) is 47.5 Å². The average molecular weight is 364 g/mol. The van der Waals surface area contributed by atoms with E-state index >= 15 is 0 Å². The first-order chi connectivity index (χ1) is 11.9. The molecule has 1 aliphatic heterocycles. The molecule has 2 aromatic rings. The lowest BCUT2D eigenvalue weighted by atomic mass is 9.97. The zero-order valence-electron chi connectivity index (χ0n) is 14.6. The van der Waals surface area contributed by atoms with Gasteiger partial charge in [0.15, 0.2) is 0 Å². The minimum atomic E-state index is -3.18. The van der Waals surface area contributed by atoms with Crippen LogP contribution in [0.25, 0.3) is 11.0 Å². The van der Waals surface area contributed by atoms with Crippen LogP contribution in [0, 0.1) is 5.92 Å². The van der Waals surface area contributed by atoms with Crippen LogP contribution in [0.4, 0.5) is 5.95 Å². The lowest BCUT2D eigenvalue weighted by Crippen LogP contribution is -2.41. The summed E-state index contributed by atoms with van der Waals surface area (Å²) in [4.78, 5) is 17.2. The van der Waals surface area contributed by atoms with Gasteiger partial charge >= 0.3 is 0 Å². The largest absolute Gasteiger partial charge is 0.310 e. The van der Waals surface area contributed by atoms with E-state index in [1.54, 1.807) is 0 Å². The number of carbonyl (C=O) groups excluding carboxylic acids is 1. The van der Waals surface area contributed by atoms with Gasteiger partial charge in [0.05, 0.1) is 17.3 Å². The molecule has 1 saturated heterocycles. The summed E-state index contributed by atoms with van der Waals surface area (Å²) in [7, 11) is -3.18. The summed E-state index contributed by atoms with van der Waals surface area (Å²) in [5.74, 6) is 0.298.